The van der Waals surface area contributed by atoms with Gasteiger partial charge in [0.1, 0.15) is 18.2 Å². The second-order valence-corrected chi connectivity index (χ2v) is 18.1. The summed E-state index contributed by atoms with van der Waals surface area (Å²) in [4.78, 5) is 71.9. The molecule has 328 valence electrons. The number of benzene rings is 3. The highest BCUT2D eigenvalue weighted by atomic mass is 32.1. The standard InChI is InChI=1S/C50H56N6O6S/c1-6-40(7-2)55(24-23-54(5)44(58)19-20-45(59)62-33-34-13-9-8-10-14-34)30-36-16-12-18-38(26-36)48(61)53-49-46(41-21-22-50(3,4)27-43(41)63-49)47(60)39-29-52-56(31-39)32-42(57)37-17-11-15-35(25-37)28-51/h8-18,25-26,29,31,40H,6-7,19-24,27,30,32-33H2,1-5H3,(H,53,61). The number of nitrogens with zero attached hydrogens (tertiary/aromatic N) is 5. The molecule has 0 aliphatic heterocycles. The second kappa shape index (κ2) is 21.2. The largest absolute Gasteiger partial charge is 0.461 e. The molecule has 0 fully saturated rings. The summed E-state index contributed by atoms with van der Waals surface area (Å²) in [5, 5.41) is 17.2. The summed E-state index contributed by atoms with van der Waals surface area (Å²) >= 11 is 1.44. The van der Waals surface area contributed by atoms with Gasteiger partial charge in [-0.1, -0.05) is 82.3 Å². The van der Waals surface area contributed by atoms with Gasteiger partial charge in [0.2, 0.25) is 5.91 Å². The van der Waals surface area contributed by atoms with Crippen LogP contribution < -0.4 is 5.32 Å². The minimum Gasteiger partial charge on any atom is -0.461 e. The van der Waals surface area contributed by atoms with Gasteiger partial charge in [-0.3, -0.25) is 33.6 Å². The molecule has 0 saturated carbocycles. The molecule has 2 amide bonds. The first kappa shape index (κ1) is 46.3. The summed E-state index contributed by atoms with van der Waals surface area (Å²) in [6.45, 7) is 10.4. The third-order valence-corrected chi connectivity index (χ3v) is 12.9. The van der Waals surface area contributed by atoms with Gasteiger partial charge in [-0.05, 0) is 78.5 Å². The van der Waals surface area contributed by atoms with Gasteiger partial charge in [0, 0.05) is 61.3 Å². The van der Waals surface area contributed by atoms with E-state index in [2.05, 4.69) is 43.0 Å². The molecular formula is C50H56N6O6S. The molecule has 2 heterocycles. The first-order valence-corrected chi connectivity index (χ1v) is 22.4. The Morgan fingerprint density at radius 1 is 0.921 bits per heavy atom. The molecule has 12 nitrogen and oxygen atoms in total. The van der Waals surface area contributed by atoms with Gasteiger partial charge < -0.3 is 15.0 Å². The van der Waals surface area contributed by atoms with Crippen molar-refractivity contribution in [2.24, 2.45) is 5.41 Å². The summed E-state index contributed by atoms with van der Waals surface area (Å²) in [6.07, 6.45) is 7.27. The highest BCUT2D eigenvalue weighted by Gasteiger charge is 2.34. The average molecular weight is 869 g/mol. The summed E-state index contributed by atoms with van der Waals surface area (Å²) in [6, 6.07) is 25.7. The SMILES string of the molecule is CCC(CC)N(CCN(C)C(=O)CCC(=O)OCc1ccccc1)Cc1cccc(C(=O)Nc2sc3c(c2C(=O)c2cnn(CC(=O)c4cccc(C#N)c4)c2)CCC(C)(C)C3)c1. The molecule has 5 aromatic rings. The molecule has 1 N–H and O–H groups in total. The van der Waals surface area contributed by atoms with E-state index in [4.69, 9.17) is 4.74 Å². The molecule has 1 aliphatic rings. The Kier molecular flexibility index (Phi) is 15.6. The van der Waals surface area contributed by atoms with E-state index < -0.39 is 5.97 Å². The molecule has 63 heavy (non-hydrogen) atoms. The molecule has 0 saturated heterocycles. The van der Waals surface area contributed by atoms with Crippen LogP contribution in [0.25, 0.3) is 0 Å². The number of rotatable bonds is 20. The van der Waals surface area contributed by atoms with Gasteiger partial charge >= 0.3 is 5.97 Å². The van der Waals surface area contributed by atoms with Gasteiger partial charge in [0.25, 0.3) is 5.91 Å². The number of carbonyl (C=O) groups is 5. The number of carbonyl (C=O) groups excluding carboxylic acids is 5. The minimum absolute atomic E-state index is 0.0111. The van der Waals surface area contributed by atoms with Crippen LogP contribution in [0.15, 0.2) is 91.3 Å². The fraction of sp³-hybridized carbons (Fsp3) is 0.380. The second-order valence-electron chi connectivity index (χ2n) is 17.0. The maximum absolute atomic E-state index is 14.4. The smallest absolute Gasteiger partial charge is 0.306 e. The number of esters is 1. The zero-order valence-electron chi connectivity index (χ0n) is 36.8. The van der Waals surface area contributed by atoms with Crippen molar-refractivity contribution in [3.8, 4) is 6.07 Å². The number of anilines is 1. The number of fused-ring (bicyclic) bond motifs is 1. The lowest BCUT2D eigenvalue weighted by atomic mass is 9.76. The monoisotopic (exact) mass is 868 g/mol. The quantitative estimate of drug-likeness (QED) is 0.0598. The molecule has 0 bridgehead atoms. The molecule has 13 heteroatoms. The Morgan fingerprint density at radius 2 is 1.65 bits per heavy atom. The van der Waals surface area contributed by atoms with Crippen LogP contribution >= 0.6 is 11.3 Å². The topological polar surface area (TPSA) is 155 Å². The predicted octanol–water partition coefficient (Wildman–Crippen LogP) is 8.67. The molecule has 0 spiro atoms. The van der Waals surface area contributed by atoms with E-state index >= 15 is 0 Å². The van der Waals surface area contributed by atoms with E-state index in [0.717, 1.165) is 47.3 Å². The fourth-order valence-electron chi connectivity index (χ4n) is 7.98. The number of aromatic nitrogens is 2. The average Bonchev–Trinajstić information content (AvgIpc) is 3.90. The summed E-state index contributed by atoms with van der Waals surface area (Å²) < 4.78 is 6.78. The molecule has 0 atom stereocenters. The van der Waals surface area contributed by atoms with E-state index in [9.17, 15) is 29.2 Å². The Balaban J connectivity index is 1.12. The lowest BCUT2D eigenvalue weighted by Gasteiger charge is -2.32. The van der Waals surface area contributed by atoms with Crippen LogP contribution in [0, 0.1) is 16.7 Å². The van der Waals surface area contributed by atoms with Crippen LogP contribution in [0.2, 0.25) is 0 Å². The van der Waals surface area contributed by atoms with E-state index in [1.54, 1.807) is 42.4 Å². The van der Waals surface area contributed by atoms with Crippen LogP contribution in [0.3, 0.4) is 0 Å². The lowest BCUT2D eigenvalue weighted by Crippen LogP contribution is -2.41. The van der Waals surface area contributed by atoms with Crippen LogP contribution in [0.4, 0.5) is 5.00 Å². The van der Waals surface area contributed by atoms with Gasteiger partial charge in [-0.15, -0.1) is 11.3 Å². The van der Waals surface area contributed by atoms with Gasteiger partial charge in [-0.2, -0.15) is 10.4 Å². The van der Waals surface area contributed by atoms with E-state index in [1.807, 2.05) is 54.6 Å². The minimum atomic E-state index is -0.410. The van der Waals surface area contributed by atoms with Crippen molar-refractivity contribution in [3.63, 3.8) is 0 Å². The van der Waals surface area contributed by atoms with Crippen LogP contribution in [-0.4, -0.2) is 75.1 Å². The maximum Gasteiger partial charge on any atom is 0.306 e. The maximum atomic E-state index is 14.4. The Morgan fingerprint density at radius 3 is 2.40 bits per heavy atom. The van der Waals surface area contributed by atoms with Crippen LogP contribution in [0.1, 0.15) is 124 Å². The number of hydrogen-bond donors (Lipinski definition) is 1. The fourth-order valence-corrected chi connectivity index (χ4v) is 9.47. The van der Waals surface area contributed by atoms with Crippen LogP contribution in [0.5, 0.6) is 0 Å². The highest BCUT2D eigenvalue weighted by molar-refractivity contribution is 7.17. The number of hydrogen-bond acceptors (Lipinski definition) is 10. The molecule has 3 aromatic carbocycles. The van der Waals surface area contributed by atoms with Crippen LogP contribution in [-0.2, 0) is 46.9 Å². The first-order chi connectivity index (χ1) is 30.3. The number of amides is 2. The number of nitrogens with one attached hydrogen (secondary N) is 1. The number of nitriles is 1. The third kappa shape index (κ3) is 12.2. The van der Waals surface area contributed by atoms with Crippen molar-refractivity contribution >= 4 is 45.7 Å². The Hall–Kier alpha value is -6.23. The zero-order chi connectivity index (χ0) is 45.1. The number of ketones is 2. The summed E-state index contributed by atoms with van der Waals surface area (Å²) in [5.74, 6) is -1.38. The molecule has 2 aromatic heterocycles. The Labute approximate surface area is 373 Å². The van der Waals surface area contributed by atoms with E-state index in [0.29, 0.717) is 58.9 Å². The van der Waals surface area contributed by atoms with Crippen molar-refractivity contribution in [1.29, 1.82) is 5.26 Å². The summed E-state index contributed by atoms with van der Waals surface area (Å²) in [5.41, 5.74) is 4.82. The summed E-state index contributed by atoms with van der Waals surface area (Å²) in [7, 11) is 1.75. The highest BCUT2D eigenvalue weighted by Crippen LogP contribution is 2.44. The Bertz CT molecular complexity index is 2480. The molecule has 0 unspecified atom stereocenters. The predicted molar refractivity (Wildman–Crippen MR) is 244 cm³/mol. The normalized spacial score (nSPS) is 13.0. The molecule has 1 aliphatic carbocycles. The van der Waals surface area contributed by atoms with Gasteiger partial charge in [0.15, 0.2) is 11.6 Å². The zero-order valence-corrected chi connectivity index (χ0v) is 37.6. The molecule has 6 rings (SSSR count). The third-order valence-electron chi connectivity index (χ3n) is 11.7. The number of likely N-dealkylation sites (N-methyl/N-ethyl adjacent to an activating group) is 1. The lowest BCUT2D eigenvalue weighted by molar-refractivity contribution is -0.147. The van der Waals surface area contributed by atoms with Crippen molar-refractivity contribution in [2.75, 3.05) is 25.5 Å². The van der Waals surface area contributed by atoms with Gasteiger partial charge in [-0.25, -0.2) is 0 Å². The molecule has 0 radical (unpaired) electrons. The van der Waals surface area contributed by atoms with E-state index in [1.165, 1.54) is 28.3 Å². The number of Topliss-reactive ketones (excluding diaryl/α,β-unsaturated/α-hetero) is 1. The van der Waals surface area contributed by atoms with E-state index in [-0.39, 0.29) is 60.8 Å². The number of thiophene rings is 1. The van der Waals surface area contributed by atoms with Gasteiger partial charge in [0.05, 0.1) is 35.4 Å². The van der Waals surface area contributed by atoms with Crippen molar-refractivity contribution < 1.29 is 28.7 Å². The number of ether oxygens (including phenoxy) is 1. The van der Waals surface area contributed by atoms with Crippen molar-refractivity contribution in [3.05, 3.63) is 141 Å². The molecular weight excluding hydrogens is 813 g/mol. The van der Waals surface area contributed by atoms with Crippen molar-refractivity contribution in [1.82, 2.24) is 19.6 Å². The first-order valence-electron chi connectivity index (χ1n) is 21.6. The van der Waals surface area contributed by atoms with Crippen molar-refractivity contribution in [2.45, 2.75) is 98.4 Å².